The molecule has 7 nitrogen and oxygen atoms in total. The number of rotatable bonds is 10. The first-order valence-corrected chi connectivity index (χ1v) is 8.13. The number of methoxy groups -OCH3 is 3. The molecule has 1 rings (SSSR count). The van der Waals surface area contributed by atoms with E-state index in [1.165, 1.54) is 0 Å². The molecular weight excluding hydrogens is 324 g/mol. The van der Waals surface area contributed by atoms with Gasteiger partial charge in [0.25, 0.3) is 0 Å². The third-order valence-electron chi connectivity index (χ3n) is 3.87. The van der Waals surface area contributed by atoms with Crippen LogP contribution >= 0.6 is 0 Å². The molecule has 0 aliphatic rings. The fourth-order valence-electron chi connectivity index (χ4n) is 2.17. The van der Waals surface area contributed by atoms with Crippen molar-refractivity contribution in [2.45, 2.75) is 20.3 Å². The first-order chi connectivity index (χ1) is 11.9. The second kappa shape index (κ2) is 9.88. The average Bonchev–Trinajstić information content (AvgIpc) is 2.61. The SMILES string of the molecule is COCCNC(=O)C(C)(C)C(=O)NCCc1ccc(OC)c(OC)c1. The quantitative estimate of drug-likeness (QED) is 0.487. The van der Waals surface area contributed by atoms with Crippen LogP contribution in [0.5, 0.6) is 11.5 Å². The van der Waals surface area contributed by atoms with Crippen molar-refractivity contribution in [3.05, 3.63) is 23.8 Å². The lowest BCUT2D eigenvalue weighted by Crippen LogP contribution is -2.48. The molecule has 0 heterocycles. The summed E-state index contributed by atoms with van der Waals surface area (Å²) >= 11 is 0. The summed E-state index contributed by atoms with van der Waals surface area (Å²) in [6.45, 7) is 4.39. The highest BCUT2D eigenvalue weighted by molar-refractivity contribution is 6.04. The molecule has 0 bridgehead atoms. The highest BCUT2D eigenvalue weighted by Gasteiger charge is 2.35. The number of carbonyl (C=O) groups is 2. The predicted octanol–water partition coefficient (Wildman–Crippen LogP) is 1.15. The number of carbonyl (C=O) groups excluding carboxylic acids is 2. The maximum Gasteiger partial charge on any atom is 0.235 e. The monoisotopic (exact) mass is 352 g/mol. The predicted molar refractivity (Wildman–Crippen MR) is 94.9 cm³/mol. The minimum absolute atomic E-state index is 0.317. The fourth-order valence-corrected chi connectivity index (χ4v) is 2.17. The summed E-state index contributed by atoms with van der Waals surface area (Å²) in [4.78, 5) is 24.4. The molecule has 0 radical (unpaired) electrons. The fraction of sp³-hybridized carbons (Fsp3) is 0.556. The summed E-state index contributed by atoms with van der Waals surface area (Å²) in [5, 5.41) is 5.49. The van der Waals surface area contributed by atoms with E-state index < -0.39 is 5.41 Å². The Hall–Kier alpha value is -2.28. The number of hydrogen-bond donors (Lipinski definition) is 2. The zero-order valence-corrected chi connectivity index (χ0v) is 15.6. The van der Waals surface area contributed by atoms with Crippen molar-refractivity contribution < 1.29 is 23.8 Å². The molecule has 0 aliphatic carbocycles. The van der Waals surface area contributed by atoms with E-state index in [0.717, 1.165) is 5.56 Å². The van der Waals surface area contributed by atoms with Gasteiger partial charge in [-0.3, -0.25) is 9.59 Å². The highest BCUT2D eigenvalue weighted by atomic mass is 16.5. The summed E-state index contributed by atoms with van der Waals surface area (Å²) in [6.07, 6.45) is 0.619. The van der Waals surface area contributed by atoms with Gasteiger partial charge in [0.05, 0.1) is 20.8 Å². The number of ether oxygens (including phenoxy) is 3. The standard InChI is InChI=1S/C18H28N2O5/c1-18(2,17(22)20-10-11-23-3)16(21)19-9-8-13-6-7-14(24-4)15(12-13)25-5/h6-7,12H,8-11H2,1-5H3,(H,19,21)(H,20,22). The summed E-state index contributed by atoms with van der Waals surface area (Å²) in [5.41, 5.74) is -0.147. The van der Waals surface area contributed by atoms with Gasteiger partial charge in [0.1, 0.15) is 5.41 Å². The van der Waals surface area contributed by atoms with Gasteiger partial charge < -0.3 is 24.8 Å². The van der Waals surface area contributed by atoms with Crippen LogP contribution < -0.4 is 20.1 Å². The number of amides is 2. The van der Waals surface area contributed by atoms with Gasteiger partial charge in [-0.1, -0.05) is 6.07 Å². The van der Waals surface area contributed by atoms with Crippen molar-refractivity contribution >= 4 is 11.8 Å². The Morgan fingerprint density at radius 3 is 2.12 bits per heavy atom. The van der Waals surface area contributed by atoms with E-state index in [4.69, 9.17) is 14.2 Å². The van der Waals surface area contributed by atoms with Crippen LogP contribution in [-0.2, 0) is 20.7 Å². The van der Waals surface area contributed by atoms with Crippen molar-refractivity contribution in [2.24, 2.45) is 5.41 Å². The van der Waals surface area contributed by atoms with Gasteiger partial charge in [0.2, 0.25) is 11.8 Å². The first kappa shape index (κ1) is 20.8. The van der Waals surface area contributed by atoms with Gasteiger partial charge in [-0.25, -0.2) is 0 Å². The molecule has 0 aliphatic heterocycles. The van der Waals surface area contributed by atoms with E-state index in [1.807, 2.05) is 18.2 Å². The summed E-state index contributed by atoms with van der Waals surface area (Å²) in [6, 6.07) is 5.60. The van der Waals surface area contributed by atoms with Crippen LogP contribution in [0, 0.1) is 5.41 Å². The molecule has 140 valence electrons. The van der Waals surface area contributed by atoms with Gasteiger partial charge in [-0.05, 0) is 38.0 Å². The topological polar surface area (TPSA) is 85.9 Å². The van der Waals surface area contributed by atoms with Crippen LogP contribution in [0.3, 0.4) is 0 Å². The average molecular weight is 352 g/mol. The summed E-state index contributed by atoms with van der Waals surface area (Å²) < 4.78 is 15.3. The van der Waals surface area contributed by atoms with Gasteiger partial charge in [0, 0.05) is 20.2 Å². The van der Waals surface area contributed by atoms with Gasteiger partial charge >= 0.3 is 0 Å². The summed E-state index contributed by atoms with van der Waals surface area (Å²) in [7, 11) is 4.71. The third-order valence-corrected chi connectivity index (χ3v) is 3.87. The summed E-state index contributed by atoms with van der Waals surface area (Å²) in [5.74, 6) is 0.657. The Morgan fingerprint density at radius 1 is 0.960 bits per heavy atom. The molecular formula is C18H28N2O5. The van der Waals surface area contributed by atoms with Crippen LogP contribution in [0.2, 0.25) is 0 Å². The first-order valence-electron chi connectivity index (χ1n) is 8.13. The lowest BCUT2D eigenvalue weighted by Gasteiger charge is -2.22. The molecule has 25 heavy (non-hydrogen) atoms. The zero-order chi connectivity index (χ0) is 18.9. The van der Waals surface area contributed by atoms with Crippen LogP contribution in [0.15, 0.2) is 18.2 Å². The molecule has 0 saturated heterocycles. The van der Waals surface area contributed by atoms with E-state index in [2.05, 4.69) is 10.6 Å². The van der Waals surface area contributed by atoms with Crippen LogP contribution in [0.25, 0.3) is 0 Å². The minimum Gasteiger partial charge on any atom is -0.493 e. The lowest BCUT2D eigenvalue weighted by atomic mass is 9.91. The number of nitrogens with one attached hydrogen (secondary N) is 2. The van der Waals surface area contributed by atoms with Gasteiger partial charge in [-0.15, -0.1) is 0 Å². The Kier molecular flexibility index (Phi) is 8.21. The van der Waals surface area contributed by atoms with Crippen molar-refractivity contribution in [3.63, 3.8) is 0 Å². The molecule has 1 aromatic carbocycles. The van der Waals surface area contributed by atoms with E-state index in [0.29, 0.717) is 37.6 Å². The Morgan fingerprint density at radius 2 is 1.56 bits per heavy atom. The molecule has 1 aromatic rings. The molecule has 2 amide bonds. The molecule has 0 unspecified atom stereocenters. The Labute approximate surface area is 149 Å². The van der Waals surface area contributed by atoms with E-state index in [9.17, 15) is 9.59 Å². The molecule has 0 fully saturated rings. The Balaban J connectivity index is 2.54. The van der Waals surface area contributed by atoms with E-state index >= 15 is 0 Å². The maximum absolute atomic E-state index is 12.3. The smallest absolute Gasteiger partial charge is 0.235 e. The van der Waals surface area contributed by atoms with E-state index in [1.54, 1.807) is 35.2 Å². The molecule has 0 saturated carbocycles. The highest BCUT2D eigenvalue weighted by Crippen LogP contribution is 2.27. The third kappa shape index (κ3) is 5.94. The molecule has 7 heteroatoms. The number of hydrogen-bond acceptors (Lipinski definition) is 5. The van der Waals surface area contributed by atoms with E-state index in [-0.39, 0.29) is 11.8 Å². The second-order valence-electron chi connectivity index (χ2n) is 6.07. The Bertz CT molecular complexity index is 587. The normalized spacial score (nSPS) is 10.9. The largest absolute Gasteiger partial charge is 0.493 e. The van der Waals surface area contributed by atoms with Crippen LogP contribution in [0.1, 0.15) is 19.4 Å². The van der Waals surface area contributed by atoms with Gasteiger partial charge in [-0.2, -0.15) is 0 Å². The van der Waals surface area contributed by atoms with Crippen molar-refractivity contribution in [1.29, 1.82) is 0 Å². The second-order valence-corrected chi connectivity index (χ2v) is 6.07. The van der Waals surface area contributed by atoms with Gasteiger partial charge in [0.15, 0.2) is 11.5 Å². The number of benzene rings is 1. The molecule has 0 spiro atoms. The van der Waals surface area contributed by atoms with Crippen molar-refractivity contribution in [1.82, 2.24) is 10.6 Å². The zero-order valence-electron chi connectivity index (χ0n) is 15.6. The maximum atomic E-state index is 12.3. The molecule has 0 aromatic heterocycles. The van der Waals surface area contributed by atoms with Crippen LogP contribution in [-0.4, -0.2) is 52.8 Å². The minimum atomic E-state index is -1.15. The molecule has 2 N–H and O–H groups in total. The van der Waals surface area contributed by atoms with Crippen molar-refractivity contribution in [2.75, 3.05) is 41.0 Å². The lowest BCUT2D eigenvalue weighted by molar-refractivity contribution is -0.141. The van der Waals surface area contributed by atoms with Crippen LogP contribution in [0.4, 0.5) is 0 Å². The molecule has 0 atom stereocenters. The van der Waals surface area contributed by atoms with Crippen molar-refractivity contribution in [3.8, 4) is 11.5 Å².